The Kier molecular flexibility index (Phi) is 3.62. The minimum Gasteiger partial charge on any atom is -0.468 e. The second kappa shape index (κ2) is 5.58. The molecule has 108 valence electrons. The molecule has 21 heavy (non-hydrogen) atoms. The van der Waals surface area contributed by atoms with Gasteiger partial charge in [-0.25, -0.2) is 0 Å². The molecule has 4 nitrogen and oxygen atoms in total. The van der Waals surface area contributed by atoms with Gasteiger partial charge in [0.25, 0.3) is 5.56 Å². The summed E-state index contributed by atoms with van der Waals surface area (Å²) in [6, 6.07) is 9.84. The molecule has 4 heteroatoms. The fourth-order valence-electron chi connectivity index (χ4n) is 2.43. The highest BCUT2D eigenvalue weighted by Crippen LogP contribution is 2.18. The van der Waals surface area contributed by atoms with Gasteiger partial charge in [0.2, 0.25) is 0 Å². The van der Waals surface area contributed by atoms with E-state index in [-0.39, 0.29) is 5.56 Å². The molecule has 0 unspecified atom stereocenters. The molecule has 0 aliphatic rings. The lowest BCUT2D eigenvalue weighted by Crippen LogP contribution is -2.20. The van der Waals surface area contributed by atoms with Crippen molar-refractivity contribution in [2.24, 2.45) is 0 Å². The Hall–Kier alpha value is -2.33. The molecule has 0 aliphatic carbocycles. The highest BCUT2D eigenvalue weighted by Gasteiger charge is 2.06. The lowest BCUT2D eigenvalue weighted by Gasteiger charge is -2.08. The fourth-order valence-corrected chi connectivity index (χ4v) is 2.43. The van der Waals surface area contributed by atoms with E-state index < -0.39 is 0 Å². The van der Waals surface area contributed by atoms with E-state index in [1.807, 2.05) is 38.1 Å². The summed E-state index contributed by atoms with van der Waals surface area (Å²) in [7, 11) is 0. The number of aromatic nitrogens is 1. The molecular formula is C17H18N2O2. The van der Waals surface area contributed by atoms with Crippen molar-refractivity contribution in [3.63, 3.8) is 0 Å². The van der Waals surface area contributed by atoms with Gasteiger partial charge in [-0.2, -0.15) is 0 Å². The highest BCUT2D eigenvalue weighted by molar-refractivity contribution is 5.83. The highest BCUT2D eigenvalue weighted by atomic mass is 16.3. The summed E-state index contributed by atoms with van der Waals surface area (Å²) in [5.74, 6) is 0.860. The summed E-state index contributed by atoms with van der Waals surface area (Å²) in [6.45, 7) is 5.20. The molecule has 0 bridgehead atoms. The fraction of sp³-hybridized carbons (Fsp3) is 0.235. The van der Waals surface area contributed by atoms with E-state index in [2.05, 4.69) is 16.4 Å². The molecule has 2 heterocycles. The van der Waals surface area contributed by atoms with E-state index in [1.54, 1.807) is 6.26 Å². The van der Waals surface area contributed by atoms with Crippen molar-refractivity contribution < 1.29 is 4.42 Å². The van der Waals surface area contributed by atoms with Gasteiger partial charge in [-0.15, -0.1) is 0 Å². The SMILES string of the molecule is Cc1ccc2cc(CNCc3ccco3)c(=O)[nH]c2c1C. The van der Waals surface area contributed by atoms with Crippen molar-refractivity contribution in [3.05, 3.63) is 69.4 Å². The van der Waals surface area contributed by atoms with Crippen LogP contribution in [0.2, 0.25) is 0 Å². The van der Waals surface area contributed by atoms with E-state index >= 15 is 0 Å². The number of benzene rings is 1. The van der Waals surface area contributed by atoms with E-state index in [4.69, 9.17) is 4.42 Å². The van der Waals surface area contributed by atoms with E-state index in [0.717, 1.165) is 27.8 Å². The third kappa shape index (κ3) is 2.76. The molecule has 0 atom stereocenters. The Bertz CT molecular complexity index is 817. The number of nitrogens with one attached hydrogen (secondary N) is 2. The number of rotatable bonds is 4. The number of aromatic amines is 1. The van der Waals surface area contributed by atoms with Crippen LogP contribution >= 0.6 is 0 Å². The summed E-state index contributed by atoms with van der Waals surface area (Å²) >= 11 is 0. The zero-order valence-electron chi connectivity index (χ0n) is 12.2. The van der Waals surface area contributed by atoms with Crippen molar-refractivity contribution in [2.75, 3.05) is 0 Å². The topological polar surface area (TPSA) is 58.0 Å². The van der Waals surface area contributed by atoms with Crippen molar-refractivity contribution in [3.8, 4) is 0 Å². The Labute approximate surface area is 122 Å². The number of aryl methyl sites for hydroxylation is 2. The van der Waals surface area contributed by atoms with Gasteiger partial charge < -0.3 is 14.7 Å². The van der Waals surface area contributed by atoms with Crippen LogP contribution in [0.3, 0.4) is 0 Å². The average Bonchev–Trinajstić information content (AvgIpc) is 2.98. The molecule has 3 aromatic rings. The van der Waals surface area contributed by atoms with Crippen LogP contribution in [0.5, 0.6) is 0 Å². The van der Waals surface area contributed by atoms with Gasteiger partial charge in [-0.3, -0.25) is 4.79 Å². The van der Waals surface area contributed by atoms with Gasteiger partial charge in [0.15, 0.2) is 0 Å². The standard InChI is InChI=1S/C17H18N2O2/c1-11-5-6-13-8-14(17(20)19-16(13)12(11)2)9-18-10-15-4-3-7-21-15/h3-8,18H,9-10H2,1-2H3,(H,19,20). The molecule has 0 amide bonds. The normalized spacial score (nSPS) is 11.1. The summed E-state index contributed by atoms with van der Waals surface area (Å²) in [6.07, 6.45) is 1.64. The molecule has 0 radical (unpaired) electrons. The van der Waals surface area contributed by atoms with Crippen LogP contribution in [0.25, 0.3) is 10.9 Å². The van der Waals surface area contributed by atoms with Crippen LogP contribution in [-0.2, 0) is 13.1 Å². The van der Waals surface area contributed by atoms with Gasteiger partial charge >= 0.3 is 0 Å². The molecule has 2 aromatic heterocycles. The van der Waals surface area contributed by atoms with Crippen molar-refractivity contribution in [1.29, 1.82) is 0 Å². The van der Waals surface area contributed by atoms with Crippen molar-refractivity contribution in [2.45, 2.75) is 26.9 Å². The summed E-state index contributed by atoms with van der Waals surface area (Å²) in [4.78, 5) is 15.2. The minimum atomic E-state index is -0.0388. The summed E-state index contributed by atoms with van der Waals surface area (Å²) < 4.78 is 5.25. The first kappa shape index (κ1) is 13.6. The van der Waals surface area contributed by atoms with Crippen LogP contribution < -0.4 is 10.9 Å². The maximum atomic E-state index is 12.2. The molecule has 2 N–H and O–H groups in total. The molecule has 0 spiro atoms. The number of hydrogen-bond donors (Lipinski definition) is 2. The second-order valence-electron chi connectivity index (χ2n) is 5.28. The first-order valence-corrected chi connectivity index (χ1v) is 7.00. The van der Waals surface area contributed by atoms with Crippen LogP contribution in [0.15, 0.2) is 45.8 Å². The minimum absolute atomic E-state index is 0.0388. The Balaban J connectivity index is 1.84. The smallest absolute Gasteiger partial charge is 0.252 e. The zero-order chi connectivity index (χ0) is 14.8. The molecule has 0 fully saturated rings. The predicted octanol–water partition coefficient (Wildman–Crippen LogP) is 3.03. The Morgan fingerprint density at radius 3 is 2.81 bits per heavy atom. The molecule has 0 saturated heterocycles. The van der Waals surface area contributed by atoms with Crippen LogP contribution in [0.1, 0.15) is 22.5 Å². The van der Waals surface area contributed by atoms with E-state index in [0.29, 0.717) is 13.1 Å². The predicted molar refractivity (Wildman–Crippen MR) is 83.3 cm³/mol. The van der Waals surface area contributed by atoms with Crippen LogP contribution in [-0.4, -0.2) is 4.98 Å². The first-order valence-electron chi connectivity index (χ1n) is 7.00. The number of fused-ring (bicyclic) bond motifs is 1. The maximum Gasteiger partial charge on any atom is 0.252 e. The van der Waals surface area contributed by atoms with Crippen molar-refractivity contribution >= 4 is 10.9 Å². The van der Waals surface area contributed by atoms with E-state index in [1.165, 1.54) is 5.56 Å². The Morgan fingerprint density at radius 2 is 2.05 bits per heavy atom. The lowest BCUT2D eigenvalue weighted by atomic mass is 10.0. The number of H-pyrrole nitrogens is 1. The van der Waals surface area contributed by atoms with Gasteiger partial charge in [0, 0.05) is 12.1 Å². The largest absolute Gasteiger partial charge is 0.468 e. The molecule has 3 rings (SSSR count). The molecule has 0 aliphatic heterocycles. The zero-order valence-corrected chi connectivity index (χ0v) is 12.2. The lowest BCUT2D eigenvalue weighted by molar-refractivity contribution is 0.482. The van der Waals surface area contributed by atoms with Crippen molar-refractivity contribution in [1.82, 2.24) is 10.3 Å². The van der Waals surface area contributed by atoms with Crippen LogP contribution in [0.4, 0.5) is 0 Å². The second-order valence-corrected chi connectivity index (χ2v) is 5.28. The first-order chi connectivity index (χ1) is 10.1. The molecule has 1 aromatic carbocycles. The monoisotopic (exact) mass is 282 g/mol. The van der Waals surface area contributed by atoms with Gasteiger partial charge in [-0.1, -0.05) is 12.1 Å². The maximum absolute atomic E-state index is 12.2. The number of pyridine rings is 1. The number of furan rings is 1. The number of hydrogen-bond acceptors (Lipinski definition) is 3. The quantitative estimate of drug-likeness (QED) is 0.773. The third-order valence-corrected chi connectivity index (χ3v) is 3.82. The van der Waals surface area contributed by atoms with Gasteiger partial charge in [-0.05, 0) is 48.6 Å². The molecule has 0 saturated carbocycles. The summed E-state index contributed by atoms with van der Waals surface area (Å²) in [5, 5.41) is 4.28. The third-order valence-electron chi connectivity index (χ3n) is 3.82. The summed E-state index contributed by atoms with van der Waals surface area (Å²) in [5.41, 5.74) is 3.93. The van der Waals surface area contributed by atoms with Crippen LogP contribution in [0, 0.1) is 13.8 Å². The van der Waals surface area contributed by atoms with Gasteiger partial charge in [0.05, 0.1) is 18.3 Å². The Morgan fingerprint density at radius 1 is 1.19 bits per heavy atom. The average molecular weight is 282 g/mol. The molecular weight excluding hydrogens is 264 g/mol. The van der Waals surface area contributed by atoms with E-state index in [9.17, 15) is 4.79 Å². The van der Waals surface area contributed by atoms with Gasteiger partial charge in [0.1, 0.15) is 5.76 Å².